The lowest BCUT2D eigenvalue weighted by Gasteiger charge is -2.07. The van der Waals surface area contributed by atoms with Gasteiger partial charge in [0.05, 0.1) is 5.56 Å². The molecule has 0 radical (unpaired) electrons. The molecule has 104 valence electrons. The van der Waals surface area contributed by atoms with Crippen LogP contribution in [0.2, 0.25) is 0 Å². The highest BCUT2D eigenvalue weighted by Crippen LogP contribution is 2.14. The Labute approximate surface area is 121 Å². The van der Waals surface area contributed by atoms with Gasteiger partial charge in [-0.2, -0.15) is 0 Å². The zero-order valence-corrected chi connectivity index (χ0v) is 11.3. The summed E-state index contributed by atoms with van der Waals surface area (Å²) in [6.45, 7) is 1.44. The second-order valence-corrected chi connectivity index (χ2v) is 4.43. The summed E-state index contributed by atoms with van der Waals surface area (Å²) in [5.74, 6) is 1.11. The van der Waals surface area contributed by atoms with Crippen LogP contribution >= 0.6 is 0 Å². The van der Waals surface area contributed by atoms with Gasteiger partial charge in [-0.05, 0) is 37.3 Å². The zero-order chi connectivity index (χ0) is 15.4. The van der Waals surface area contributed by atoms with Gasteiger partial charge in [-0.25, -0.2) is 4.39 Å². The summed E-state index contributed by atoms with van der Waals surface area (Å²) >= 11 is 0. The Morgan fingerprint density at radius 2 is 1.90 bits per heavy atom. The minimum Gasteiger partial charge on any atom is -0.322 e. The van der Waals surface area contributed by atoms with E-state index in [1.807, 2.05) is 0 Å². The maximum absolute atomic E-state index is 13.3. The summed E-state index contributed by atoms with van der Waals surface area (Å²) in [5.41, 5.74) is 1.26. The van der Waals surface area contributed by atoms with Crippen molar-refractivity contribution in [3.05, 3.63) is 65.0 Å². The van der Waals surface area contributed by atoms with Gasteiger partial charge >= 0.3 is 0 Å². The molecule has 1 N–H and O–H groups in total. The average Bonchev–Trinajstić information content (AvgIpc) is 2.47. The van der Waals surface area contributed by atoms with Crippen LogP contribution in [-0.4, -0.2) is 11.7 Å². The lowest BCUT2D eigenvalue weighted by Crippen LogP contribution is -2.12. The van der Waals surface area contributed by atoms with Gasteiger partial charge in [0, 0.05) is 16.8 Å². The molecule has 0 aliphatic carbocycles. The maximum atomic E-state index is 13.3. The Balaban J connectivity index is 2.24. The zero-order valence-electron chi connectivity index (χ0n) is 11.3. The van der Waals surface area contributed by atoms with Crippen LogP contribution < -0.4 is 5.32 Å². The summed E-state index contributed by atoms with van der Waals surface area (Å²) < 4.78 is 13.3. The summed E-state index contributed by atoms with van der Waals surface area (Å²) in [5, 5.41) is 2.64. The Hall–Kier alpha value is -2.93. The second-order valence-electron chi connectivity index (χ2n) is 4.43. The Morgan fingerprint density at radius 1 is 1.14 bits per heavy atom. The highest BCUT2D eigenvalue weighted by Gasteiger charge is 2.10. The van der Waals surface area contributed by atoms with Crippen molar-refractivity contribution in [2.24, 2.45) is 0 Å². The number of carbonyl (C=O) groups excluding carboxylic acids is 2. The monoisotopic (exact) mass is 281 g/mol. The van der Waals surface area contributed by atoms with E-state index in [9.17, 15) is 14.0 Å². The van der Waals surface area contributed by atoms with Crippen molar-refractivity contribution in [3.63, 3.8) is 0 Å². The Kier molecular flexibility index (Phi) is 4.15. The average molecular weight is 281 g/mol. The van der Waals surface area contributed by atoms with Crippen molar-refractivity contribution in [3.8, 4) is 12.3 Å². The van der Waals surface area contributed by atoms with E-state index in [-0.39, 0.29) is 16.9 Å². The number of carbonyl (C=O) groups is 2. The second kappa shape index (κ2) is 6.02. The molecule has 0 aromatic heterocycles. The van der Waals surface area contributed by atoms with Crippen LogP contribution in [-0.2, 0) is 0 Å². The number of hydrogen-bond acceptors (Lipinski definition) is 2. The first-order valence-corrected chi connectivity index (χ1v) is 6.20. The maximum Gasteiger partial charge on any atom is 0.255 e. The van der Waals surface area contributed by atoms with Gasteiger partial charge in [-0.1, -0.05) is 18.1 Å². The first-order chi connectivity index (χ1) is 10.0. The van der Waals surface area contributed by atoms with Crippen LogP contribution in [0, 0.1) is 18.2 Å². The number of benzene rings is 2. The number of rotatable bonds is 3. The quantitative estimate of drug-likeness (QED) is 0.693. The van der Waals surface area contributed by atoms with Crippen molar-refractivity contribution in [1.29, 1.82) is 0 Å². The molecule has 3 nitrogen and oxygen atoms in total. The molecule has 0 spiro atoms. The van der Waals surface area contributed by atoms with Gasteiger partial charge in [0.2, 0.25) is 0 Å². The molecule has 2 aromatic carbocycles. The standard InChI is InChI=1S/C17H12FNO2/c1-3-12-9-14(7-8-16(12)18)17(21)19-15-6-4-5-13(10-15)11(2)20/h1,4-10H,2H3,(H,19,21). The molecule has 0 bridgehead atoms. The van der Waals surface area contributed by atoms with E-state index < -0.39 is 11.7 Å². The molecule has 4 heteroatoms. The number of terminal acetylenes is 1. The lowest BCUT2D eigenvalue weighted by atomic mass is 10.1. The van der Waals surface area contributed by atoms with Crippen LogP contribution in [0.15, 0.2) is 42.5 Å². The van der Waals surface area contributed by atoms with E-state index in [1.165, 1.54) is 19.1 Å². The molecule has 0 atom stereocenters. The molecule has 0 heterocycles. The molecule has 0 fully saturated rings. The van der Waals surface area contributed by atoms with Gasteiger partial charge in [-0.3, -0.25) is 9.59 Å². The number of halogens is 1. The van der Waals surface area contributed by atoms with Crippen molar-refractivity contribution in [2.45, 2.75) is 6.92 Å². The van der Waals surface area contributed by atoms with Gasteiger partial charge in [-0.15, -0.1) is 6.42 Å². The number of ketones is 1. The number of anilines is 1. The van der Waals surface area contributed by atoms with E-state index >= 15 is 0 Å². The Bertz CT molecular complexity index is 760. The van der Waals surface area contributed by atoms with Crippen LogP contribution in [0.25, 0.3) is 0 Å². The number of amides is 1. The predicted molar refractivity (Wildman–Crippen MR) is 78.7 cm³/mol. The summed E-state index contributed by atoms with van der Waals surface area (Å²) in [4.78, 5) is 23.4. The first kappa shape index (κ1) is 14.5. The normalized spacial score (nSPS) is 9.76. The van der Waals surface area contributed by atoms with Gasteiger partial charge in [0.25, 0.3) is 5.91 Å². The fourth-order valence-corrected chi connectivity index (χ4v) is 1.80. The van der Waals surface area contributed by atoms with E-state index in [1.54, 1.807) is 24.3 Å². The summed E-state index contributed by atoms with van der Waals surface area (Å²) in [7, 11) is 0. The van der Waals surface area contributed by atoms with Crippen LogP contribution in [0.5, 0.6) is 0 Å². The minimum atomic E-state index is -0.548. The highest BCUT2D eigenvalue weighted by molar-refractivity contribution is 6.05. The SMILES string of the molecule is C#Cc1cc(C(=O)Nc2cccc(C(C)=O)c2)ccc1F. The molecule has 0 saturated heterocycles. The molecule has 0 aliphatic heterocycles. The number of hydrogen-bond donors (Lipinski definition) is 1. The molecule has 1 amide bonds. The number of Topliss-reactive ketones (excluding diaryl/α,β-unsaturated/α-hetero) is 1. The van der Waals surface area contributed by atoms with Gasteiger partial charge in [0.1, 0.15) is 5.82 Å². The smallest absolute Gasteiger partial charge is 0.255 e. The molecular formula is C17H12FNO2. The molecule has 0 unspecified atom stereocenters. The van der Waals surface area contributed by atoms with E-state index in [2.05, 4.69) is 11.2 Å². The third kappa shape index (κ3) is 3.34. The molecule has 2 aromatic rings. The van der Waals surface area contributed by atoms with E-state index in [0.29, 0.717) is 11.3 Å². The largest absolute Gasteiger partial charge is 0.322 e. The van der Waals surface area contributed by atoms with Gasteiger partial charge < -0.3 is 5.32 Å². The van der Waals surface area contributed by atoms with E-state index in [4.69, 9.17) is 6.42 Å². The fourth-order valence-electron chi connectivity index (χ4n) is 1.80. The van der Waals surface area contributed by atoms with Crippen LogP contribution in [0.1, 0.15) is 33.2 Å². The van der Waals surface area contributed by atoms with Crippen molar-refractivity contribution >= 4 is 17.4 Å². The van der Waals surface area contributed by atoms with Crippen molar-refractivity contribution < 1.29 is 14.0 Å². The lowest BCUT2D eigenvalue weighted by molar-refractivity contribution is 0.101. The first-order valence-electron chi connectivity index (χ1n) is 6.20. The molecule has 0 saturated carbocycles. The fraction of sp³-hybridized carbons (Fsp3) is 0.0588. The molecule has 0 aliphatic rings. The van der Waals surface area contributed by atoms with Crippen LogP contribution in [0.3, 0.4) is 0 Å². The molecule has 21 heavy (non-hydrogen) atoms. The van der Waals surface area contributed by atoms with Crippen LogP contribution in [0.4, 0.5) is 10.1 Å². The van der Waals surface area contributed by atoms with Crippen molar-refractivity contribution in [2.75, 3.05) is 5.32 Å². The third-order valence-corrected chi connectivity index (χ3v) is 2.91. The third-order valence-electron chi connectivity index (χ3n) is 2.91. The highest BCUT2D eigenvalue weighted by atomic mass is 19.1. The summed E-state index contributed by atoms with van der Waals surface area (Å²) in [6, 6.07) is 10.4. The number of nitrogens with one attached hydrogen (secondary N) is 1. The molecular weight excluding hydrogens is 269 g/mol. The topological polar surface area (TPSA) is 46.2 Å². The molecule has 2 rings (SSSR count). The van der Waals surface area contributed by atoms with Crippen molar-refractivity contribution in [1.82, 2.24) is 0 Å². The predicted octanol–water partition coefficient (Wildman–Crippen LogP) is 3.26. The van der Waals surface area contributed by atoms with E-state index in [0.717, 1.165) is 6.07 Å². The summed E-state index contributed by atoms with van der Waals surface area (Å²) in [6.07, 6.45) is 5.17. The minimum absolute atomic E-state index is 0.0279. The van der Waals surface area contributed by atoms with Gasteiger partial charge in [0.15, 0.2) is 5.78 Å². The Morgan fingerprint density at radius 3 is 2.57 bits per heavy atom.